The minimum Gasteiger partial charge on any atom is -0.351 e. The van der Waals surface area contributed by atoms with Crippen LogP contribution in [0, 0.1) is 5.82 Å². The zero-order valence-corrected chi connectivity index (χ0v) is 13.5. The molecule has 23 heavy (non-hydrogen) atoms. The van der Waals surface area contributed by atoms with Crippen molar-refractivity contribution < 1.29 is 9.18 Å². The maximum Gasteiger partial charge on any atom is 0.234 e. The monoisotopic (exact) mass is 315 g/mol. The van der Waals surface area contributed by atoms with Crippen LogP contribution in [-0.4, -0.2) is 29.4 Å². The summed E-state index contributed by atoms with van der Waals surface area (Å²) in [5.41, 5.74) is 1.57. The fourth-order valence-corrected chi connectivity index (χ4v) is 2.60. The van der Waals surface area contributed by atoms with Crippen LogP contribution in [0.2, 0.25) is 0 Å². The van der Waals surface area contributed by atoms with E-state index in [0.717, 1.165) is 12.0 Å². The lowest BCUT2D eigenvalue weighted by Crippen LogP contribution is -2.36. The van der Waals surface area contributed by atoms with Gasteiger partial charge in [0.15, 0.2) is 0 Å². The Balaban J connectivity index is 1.90. The van der Waals surface area contributed by atoms with Crippen molar-refractivity contribution in [3.8, 4) is 0 Å². The molecule has 1 N–H and O–H groups in total. The summed E-state index contributed by atoms with van der Waals surface area (Å²) in [6, 6.07) is 10.5. The van der Waals surface area contributed by atoms with Crippen LogP contribution in [0.15, 0.2) is 48.8 Å². The maximum atomic E-state index is 13.5. The van der Waals surface area contributed by atoms with E-state index >= 15 is 0 Å². The van der Waals surface area contributed by atoms with Gasteiger partial charge in [-0.15, -0.1) is 0 Å². The Morgan fingerprint density at radius 3 is 2.74 bits per heavy atom. The Morgan fingerprint density at radius 2 is 2.09 bits per heavy atom. The average molecular weight is 315 g/mol. The standard InChI is InChI=1S/C18H22FN3O/c1-3-17(15-8-6-10-20-11-15)22(2)13-18(23)21-12-14-7-4-5-9-16(14)19/h4-11,17H,3,12-13H2,1-2H3,(H,21,23)/t17-/m1/s1. The summed E-state index contributed by atoms with van der Waals surface area (Å²) in [6.45, 7) is 2.52. The van der Waals surface area contributed by atoms with Gasteiger partial charge in [0.1, 0.15) is 5.82 Å². The van der Waals surface area contributed by atoms with Gasteiger partial charge in [0.25, 0.3) is 0 Å². The molecular formula is C18H22FN3O. The van der Waals surface area contributed by atoms with Gasteiger partial charge in [-0.05, 0) is 31.2 Å². The van der Waals surface area contributed by atoms with Crippen molar-refractivity contribution in [1.82, 2.24) is 15.2 Å². The van der Waals surface area contributed by atoms with Crippen LogP contribution >= 0.6 is 0 Å². The highest BCUT2D eigenvalue weighted by molar-refractivity contribution is 5.78. The van der Waals surface area contributed by atoms with E-state index in [4.69, 9.17) is 0 Å². The second kappa shape index (κ2) is 8.39. The number of rotatable bonds is 7. The second-order valence-electron chi connectivity index (χ2n) is 5.49. The van der Waals surface area contributed by atoms with Crippen molar-refractivity contribution in [1.29, 1.82) is 0 Å². The summed E-state index contributed by atoms with van der Waals surface area (Å²) in [6.07, 6.45) is 4.43. The lowest BCUT2D eigenvalue weighted by molar-refractivity contribution is -0.122. The van der Waals surface area contributed by atoms with Crippen molar-refractivity contribution >= 4 is 5.91 Å². The van der Waals surface area contributed by atoms with Gasteiger partial charge in [-0.25, -0.2) is 4.39 Å². The summed E-state index contributed by atoms with van der Waals surface area (Å²) in [4.78, 5) is 18.2. The van der Waals surface area contributed by atoms with E-state index in [-0.39, 0.29) is 30.9 Å². The number of carbonyl (C=O) groups excluding carboxylic acids is 1. The third-order valence-corrected chi connectivity index (χ3v) is 3.81. The average Bonchev–Trinajstić information content (AvgIpc) is 2.56. The molecule has 0 saturated heterocycles. The Hall–Kier alpha value is -2.27. The highest BCUT2D eigenvalue weighted by Gasteiger charge is 2.17. The summed E-state index contributed by atoms with van der Waals surface area (Å²) in [7, 11) is 1.91. The van der Waals surface area contributed by atoms with Gasteiger partial charge < -0.3 is 5.32 Å². The zero-order valence-electron chi connectivity index (χ0n) is 13.5. The third-order valence-electron chi connectivity index (χ3n) is 3.81. The minimum atomic E-state index is -0.303. The fraction of sp³-hybridized carbons (Fsp3) is 0.333. The molecule has 122 valence electrons. The molecule has 0 saturated carbocycles. The molecule has 4 nitrogen and oxygen atoms in total. The molecule has 1 amide bonds. The molecule has 0 bridgehead atoms. The molecule has 1 heterocycles. The van der Waals surface area contributed by atoms with E-state index in [1.807, 2.05) is 30.3 Å². The molecule has 0 spiro atoms. The molecule has 1 aromatic heterocycles. The number of likely N-dealkylation sites (N-methyl/N-ethyl adjacent to an activating group) is 1. The number of nitrogens with one attached hydrogen (secondary N) is 1. The number of nitrogens with zero attached hydrogens (tertiary/aromatic N) is 2. The first-order chi connectivity index (χ1) is 11.1. The summed E-state index contributed by atoms with van der Waals surface area (Å²) in [5.74, 6) is -0.430. The van der Waals surface area contributed by atoms with E-state index in [0.29, 0.717) is 5.56 Å². The Kier molecular flexibility index (Phi) is 6.23. The van der Waals surface area contributed by atoms with Crippen LogP contribution in [0.1, 0.15) is 30.5 Å². The molecule has 0 aliphatic rings. The molecule has 2 aromatic rings. The molecule has 1 aromatic carbocycles. The second-order valence-corrected chi connectivity index (χ2v) is 5.49. The van der Waals surface area contributed by atoms with Gasteiger partial charge >= 0.3 is 0 Å². The van der Waals surface area contributed by atoms with Gasteiger partial charge in [-0.2, -0.15) is 0 Å². The van der Waals surface area contributed by atoms with Crippen molar-refractivity contribution in [2.45, 2.75) is 25.9 Å². The number of carbonyl (C=O) groups is 1. The van der Waals surface area contributed by atoms with Crippen LogP contribution in [0.3, 0.4) is 0 Å². The molecule has 0 aliphatic carbocycles. The van der Waals surface area contributed by atoms with Gasteiger partial charge in [0.05, 0.1) is 6.54 Å². The molecule has 0 aliphatic heterocycles. The van der Waals surface area contributed by atoms with Gasteiger partial charge in [0.2, 0.25) is 5.91 Å². The highest BCUT2D eigenvalue weighted by Crippen LogP contribution is 2.21. The van der Waals surface area contributed by atoms with Crippen LogP contribution in [0.5, 0.6) is 0 Å². The van der Waals surface area contributed by atoms with E-state index in [1.54, 1.807) is 24.4 Å². The van der Waals surface area contributed by atoms with Gasteiger partial charge in [0, 0.05) is 30.5 Å². The first-order valence-corrected chi connectivity index (χ1v) is 7.72. The van der Waals surface area contributed by atoms with Crippen LogP contribution in [0.4, 0.5) is 4.39 Å². The molecule has 2 rings (SSSR count). The Morgan fingerprint density at radius 1 is 1.30 bits per heavy atom. The number of hydrogen-bond donors (Lipinski definition) is 1. The van der Waals surface area contributed by atoms with Gasteiger partial charge in [-0.1, -0.05) is 31.2 Å². The topological polar surface area (TPSA) is 45.2 Å². The van der Waals surface area contributed by atoms with E-state index in [2.05, 4.69) is 17.2 Å². The summed E-state index contributed by atoms with van der Waals surface area (Å²) in [5, 5.41) is 2.76. The first kappa shape index (κ1) is 17.1. The number of benzene rings is 1. The molecular weight excluding hydrogens is 293 g/mol. The number of aromatic nitrogens is 1. The smallest absolute Gasteiger partial charge is 0.234 e. The fourth-order valence-electron chi connectivity index (χ4n) is 2.60. The molecule has 5 heteroatoms. The maximum absolute atomic E-state index is 13.5. The number of halogens is 1. The first-order valence-electron chi connectivity index (χ1n) is 7.72. The lowest BCUT2D eigenvalue weighted by Gasteiger charge is -2.26. The number of hydrogen-bond acceptors (Lipinski definition) is 3. The number of amides is 1. The zero-order chi connectivity index (χ0) is 16.7. The molecule has 1 atom stereocenters. The Labute approximate surface area is 136 Å². The summed E-state index contributed by atoms with van der Waals surface area (Å²) >= 11 is 0. The highest BCUT2D eigenvalue weighted by atomic mass is 19.1. The van der Waals surface area contributed by atoms with Crippen LogP contribution in [-0.2, 0) is 11.3 Å². The van der Waals surface area contributed by atoms with E-state index in [9.17, 15) is 9.18 Å². The molecule has 0 unspecified atom stereocenters. The molecule has 0 radical (unpaired) electrons. The summed E-state index contributed by atoms with van der Waals surface area (Å²) < 4.78 is 13.5. The third kappa shape index (κ3) is 4.86. The lowest BCUT2D eigenvalue weighted by atomic mass is 10.1. The van der Waals surface area contributed by atoms with Crippen LogP contribution < -0.4 is 5.32 Å². The predicted molar refractivity (Wildman–Crippen MR) is 88.1 cm³/mol. The quantitative estimate of drug-likeness (QED) is 0.854. The van der Waals surface area contributed by atoms with Crippen molar-refractivity contribution in [2.24, 2.45) is 0 Å². The van der Waals surface area contributed by atoms with Crippen LogP contribution in [0.25, 0.3) is 0 Å². The van der Waals surface area contributed by atoms with E-state index in [1.165, 1.54) is 6.07 Å². The van der Waals surface area contributed by atoms with E-state index < -0.39 is 0 Å². The predicted octanol–water partition coefficient (Wildman–Crippen LogP) is 2.92. The SMILES string of the molecule is CC[C@H](c1cccnc1)N(C)CC(=O)NCc1ccccc1F. The number of pyridine rings is 1. The van der Waals surface area contributed by atoms with Crippen molar-refractivity contribution in [3.63, 3.8) is 0 Å². The van der Waals surface area contributed by atoms with Gasteiger partial charge in [-0.3, -0.25) is 14.7 Å². The van der Waals surface area contributed by atoms with Crippen molar-refractivity contribution in [3.05, 3.63) is 65.7 Å². The largest absolute Gasteiger partial charge is 0.351 e. The van der Waals surface area contributed by atoms with Crippen molar-refractivity contribution in [2.75, 3.05) is 13.6 Å². The normalized spacial score (nSPS) is 12.2. The Bertz CT molecular complexity index is 633. The minimum absolute atomic E-state index is 0.127. The molecule has 0 fully saturated rings.